The second kappa shape index (κ2) is 8.15. The van der Waals surface area contributed by atoms with Crippen LogP contribution in [0.2, 0.25) is 0 Å². The Bertz CT molecular complexity index is 684. The number of hydrogen-bond acceptors (Lipinski definition) is 3. The number of piperidine rings is 1. The lowest BCUT2D eigenvalue weighted by molar-refractivity contribution is 0.0935. The van der Waals surface area contributed by atoms with E-state index in [1.165, 1.54) is 19.3 Å². The summed E-state index contributed by atoms with van der Waals surface area (Å²) in [6, 6.07) is 14.4. The van der Waals surface area contributed by atoms with Gasteiger partial charge in [-0.05, 0) is 50.3 Å². The minimum absolute atomic E-state index is 0.0401. The summed E-state index contributed by atoms with van der Waals surface area (Å²) in [7, 11) is 0. The first-order chi connectivity index (χ1) is 12.2. The van der Waals surface area contributed by atoms with Gasteiger partial charge in [0.25, 0.3) is 5.91 Å². The average Bonchev–Trinajstić information content (AvgIpc) is 2.68. The van der Waals surface area contributed by atoms with Crippen LogP contribution in [0.5, 0.6) is 0 Å². The molecule has 1 aromatic heterocycles. The van der Waals surface area contributed by atoms with Crippen molar-refractivity contribution in [3.63, 3.8) is 0 Å². The van der Waals surface area contributed by atoms with Gasteiger partial charge < -0.3 is 10.2 Å². The molecule has 2 aromatic rings. The van der Waals surface area contributed by atoms with Crippen molar-refractivity contribution in [3.05, 3.63) is 59.9 Å². The van der Waals surface area contributed by atoms with Crippen LogP contribution in [0.1, 0.15) is 61.6 Å². The summed E-state index contributed by atoms with van der Waals surface area (Å²) >= 11 is 0. The normalized spacial score (nSPS) is 18.6. The van der Waals surface area contributed by atoms with Crippen molar-refractivity contribution in [3.8, 4) is 0 Å². The number of aromatic nitrogens is 1. The number of hydrogen-bond donors (Lipinski definition) is 1. The van der Waals surface area contributed by atoms with Gasteiger partial charge in [-0.2, -0.15) is 0 Å². The van der Waals surface area contributed by atoms with Crippen LogP contribution in [-0.2, 0) is 0 Å². The maximum absolute atomic E-state index is 12.4. The second-order valence-electron chi connectivity index (χ2n) is 6.76. The number of rotatable bonds is 5. The fourth-order valence-electron chi connectivity index (χ4n) is 3.55. The minimum Gasteiger partial charge on any atom is -0.367 e. The quantitative estimate of drug-likeness (QED) is 0.882. The van der Waals surface area contributed by atoms with Crippen molar-refractivity contribution in [1.29, 1.82) is 0 Å². The van der Waals surface area contributed by atoms with E-state index in [1.807, 2.05) is 55.6 Å². The van der Waals surface area contributed by atoms with E-state index in [0.29, 0.717) is 11.7 Å². The highest BCUT2D eigenvalue weighted by Gasteiger charge is 2.21. The monoisotopic (exact) mass is 337 g/mol. The standard InChI is InChI=1S/C21H27N3O/c1-3-18-11-7-8-14-24(18)19-12-13-20(22-15-19)21(25)23-16(2)17-9-5-4-6-10-17/h4-6,9-10,12-13,15-16,18H,3,7-8,11,14H2,1-2H3,(H,23,25). The summed E-state index contributed by atoms with van der Waals surface area (Å²) in [6.45, 7) is 5.31. The molecule has 0 bridgehead atoms. The fraction of sp³-hybridized carbons (Fsp3) is 0.429. The zero-order chi connectivity index (χ0) is 17.6. The first kappa shape index (κ1) is 17.5. The smallest absolute Gasteiger partial charge is 0.270 e. The van der Waals surface area contributed by atoms with Crippen LogP contribution in [0.15, 0.2) is 48.7 Å². The van der Waals surface area contributed by atoms with Gasteiger partial charge in [-0.15, -0.1) is 0 Å². The van der Waals surface area contributed by atoms with E-state index in [1.54, 1.807) is 0 Å². The summed E-state index contributed by atoms with van der Waals surface area (Å²) in [5, 5.41) is 3.02. The predicted octanol–water partition coefficient (Wildman–Crippen LogP) is 4.34. The molecule has 1 aliphatic heterocycles. The van der Waals surface area contributed by atoms with Crippen molar-refractivity contribution < 1.29 is 4.79 Å². The van der Waals surface area contributed by atoms with Gasteiger partial charge in [-0.25, -0.2) is 4.98 Å². The molecular formula is C21H27N3O. The van der Waals surface area contributed by atoms with Crippen LogP contribution >= 0.6 is 0 Å². The molecule has 1 N–H and O–H groups in total. The van der Waals surface area contributed by atoms with Crippen molar-refractivity contribution >= 4 is 11.6 Å². The number of nitrogens with zero attached hydrogens (tertiary/aromatic N) is 2. The summed E-state index contributed by atoms with van der Waals surface area (Å²) in [5.74, 6) is -0.131. The molecule has 3 rings (SSSR count). The number of benzene rings is 1. The molecule has 4 nitrogen and oxygen atoms in total. The van der Waals surface area contributed by atoms with Gasteiger partial charge >= 0.3 is 0 Å². The van der Waals surface area contributed by atoms with Crippen LogP contribution in [0.3, 0.4) is 0 Å². The number of carbonyl (C=O) groups excluding carboxylic acids is 1. The van der Waals surface area contributed by atoms with Crippen LogP contribution in [0, 0.1) is 0 Å². The topological polar surface area (TPSA) is 45.2 Å². The Morgan fingerprint density at radius 2 is 2.04 bits per heavy atom. The molecule has 1 aliphatic rings. The zero-order valence-electron chi connectivity index (χ0n) is 15.1. The predicted molar refractivity (Wildman–Crippen MR) is 102 cm³/mol. The number of nitrogens with one attached hydrogen (secondary N) is 1. The Morgan fingerprint density at radius 3 is 2.72 bits per heavy atom. The van der Waals surface area contributed by atoms with Crippen molar-refractivity contribution in [2.45, 2.75) is 51.6 Å². The molecule has 0 aliphatic carbocycles. The van der Waals surface area contributed by atoms with Crippen molar-refractivity contribution in [2.75, 3.05) is 11.4 Å². The van der Waals surface area contributed by atoms with E-state index in [4.69, 9.17) is 0 Å². The van der Waals surface area contributed by atoms with Gasteiger partial charge in [0.1, 0.15) is 5.69 Å². The second-order valence-corrected chi connectivity index (χ2v) is 6.76. The molecule has 1 amide bonds. The van der Waals surface area contributed by atoms with E-state index < -0.39 is 0 Å². The largest absolute Gasteiger partial charge is 0.367 e. The molecule has 0 spiro atoms. The Morgan fingerprint density at radius 1 is 1.24 bits per heavy atom. The molecule has 1 saturated heterocycles. The fourth-order valence-corrected chi connectivity index (χ4v) is 3.55. The molecule has 1 fully saturated rings. The first-order valence-corrected chi connectivity index (χ1v) is 9.27. The van der Waals surface area contributed by atoms with Crippen LogP contribution in [0.25, 0.3) is 0 Å². The molecule has 2 unspecified atom stereocenters. The summed E-state index contributed by atoms with van der Waals surface area (Å²) < 4.78 is 0. The molecule has 1 aromatic carbocycles. The highest BCUT2D eigenvalue weighted by atomic mass is 16.1. The molecule has 25 heavy (non-hydrogen) atoms. The minimum atomic E-state index is -0.131. The van der Waals surface area contributed by atoms with E-state index in [0.717, 1.165) is 24.2 Å². The first-order valence-electron chi connectivity index (χ1n) is 9.27. The number of anilines is 1. The van der Waals surface area contributed by atoms with Crippen LogP contribution < -0.4 is 10.2 Å². The average molecular weight is 337 g/mol. The number of pyridine rings is 1. The van der Waals surface area contributed by atoms with Crippen molar-refractivity contribution in [1.82, 2.24) is 10.3 Å². The van der Waals surface area contributed by atoms with Gasteiger partial charge in [0.15, 0.2) is 0 Å². The molecule has 4 heteroatoms. The molecule has 0 saturated carbocycles. The maximum atomic E-state index is 12.4. The molecule has 2 atom stereocenters. The SMILES string of the molecule is CCC1CCCCN1c1ccc(C(=O)NC(C)c2ccccc2)nc1. The summed E-state index contributed by atoms with van der Waals surface area (Å²) in [6.07, 6.45) is 6.77. The Labute approximate surface area is 150 Å². The number of carbonyl (C=O) groups is 1. The highest BCUT2D eigenvalue weighted by molar-refractivity contribution is 5.92. The van der Waals surface area contributed by atoms with E-state index in [2.05, 4.69) is 22.1 Å². The third-order valence-corrected chi connectivity index (χ3v) is 5.06. The molecule has 2 heterocycles. The third kappa shape index (κ3) is 4.19. The lowest BCUT2D eigenvalue weighted by Crippen LogP contribution is -2.39. The van der Waals surface area contributed by atoms with Crippen LogP contribution in [0.4, 0.5) is 5.69 Å². The Hall–Kier alpha value is -2.36. The summed E-state index contributed by atoms with van der Waals surface area (Å²) in [4.78, 5) is 19.3. The van der Waals surface area contributed by atoms with Gasteiger partial charge in [0, 0.05) is 12.6 Å². The Kier molecular flexibility index (Phi) is 5.69. The lowest BCUT2D eigenvalue weighted by atomic mass is 9.99. The lowest BCUT2D eigenvalue weighted by Gasteiger charge is -2.37. The van der Waals surface area contributed by atoms with E-state index in [-0.39, 0.29) is 11.9 Å². The van der Waals surface area contributed by atoms with Crippen molar-refractivity contribution in [2.24, 2.45) is 0 Å². The van der Waals surface area contributed by atoms with Gasteiger partial charge in [0.2, 0.25) is 0 Å². The van der Waals surface area contributed by atoms with E-state index >= 15 is 0 Å². The Balaban J connectivity index is 1.66. The highest BCUT2D eigenvalue weighted by Crippen LogP contribution is 2.26. The molecule has 132 valence electrons. The third-order valence-electron chi connectivity index (χ3n) is 5.06. The number of amides is 1. The van der Waals surface area contributed by atoms with Gasteiger partial charge in [-0.1, -0.05) is 37.3 Å². The maximum Gasteiger partial charge on any atom is 0.270 e. The van der Waals surface area contributed by atoms with Gasteiger partial charge in [0.05, 0.1) is 17.9 Å². The zero-order valence-corrected chi connectivity index (χ0v) is 15.1. The molecule has 0 radical (unpaired) electrons. The summed E-state index contributed by atoms with van der Waals surface area (Å²) in [5.41, 5.74) is 2.68. The van der Waals surface area contributed by atoms with E-state index in [9.17, 15) is 4.79 Å². The van der Waals surface area contributed by atoms with Gasteiger partial charge in [-0.3, -0.25) is 4.79 Å². The van der Waals surface area contributed by atoms with Crippen LogP contribution in [-0.4, -0.2) is 23.5 Å². The molecular weight excluding hydrogens is 310 g/mol.